The lowest BCUT2D eigenvalue weighted by molar-refractivity contribution is 0.111. The Balaban J connectivity index is 4.46. The van der Waals surface area contributed by atoms with Crippen LogP contribution in [0, 0.1) is 0 Å². The van der Waals surface area contributed by atoms with E-state index in [9.17, 15) is 0 Å². The van der Waals surface area contributed by atoms with Gasteiger partial charge in [0.25, 0.3) is 0 Å². The Morgan fingerprint density at radius 2 is 0.844 bits per heavy atom. The fourth-order valence-electron chi connectivity index (χ4n) is 4.68. The van der Waals surface area contributed by atoms with Crippen LogP contribution in [0.5, 0.6) is 0 Å². The first-order valence-corrected chi connectivity index (χ1v) is 21.2. The van der Waals surface area contributed by atoms with E-state index >= 15 is 0 Å². The molecule has 0 saturated heterocycles. The summed E-state index contributed by atoms with van der Waals surface area (Å²) in [5.41, 5.74) is 1.20. The summed E-state index contributed by atoms with van der Waals surface area (Å²) in [6.07, 6.45) is 13.5. The summed E-state index contributed by atoms with van der Waals surface area (Å²) in [7, 11) is 2.63. The minimum absolute atomic E-state index is 0.599. The van der Waals surface area contributed by atoms with Gasteiger partial charge in [0.05, 0.1) is 17.6 Å². The van der Waals surface area contributed by atoms with Gasteiger partial charge in [0.2, 0.25) is 0 Å². The van der Waals surface area contributed by atoms with Crippen molar-refractivity contribution in [3.05, 3.63) is 0 Å². The maximum Gasteiger partial charge on any atom is 0.0717 e. The highest BCUT2D eigenvalue weighted by molar-refractivity contribution is 8.76. The first-order valence-electron chi connectivity index (χ1n) is 14.2. The monoisotopic (exact) mass is 522 g/mol. The first kappa shape index (κ1) is 33.1. The summed E-state index contributed by atoms with van der Waals surface area (Å²) in [5, 5.41) is 0. The Hall–Kier alpha value is 1.05. The fraction of sp³-hybridized carbons (Fsp3) is 1.00. The molecule has 0 heterocycles. The molecule has 6 heteroatoms. The number of ether oxygens (including phenoxy) is 2. The minimum Gasteiger partial charge on any atom is -0.382 e. The second-order valence-electron chi connectivity index (χ2n) is 9.30. The van der Waals surface area contributed by atoms with Gasteiger partial charge in [-0.3, -0.25) is 0 Å². The van der Waals surface area contributed by atoms with Crippen molar-refractivity contribution in [2.75, 3.05) is 24.7 Å². The van der Waals surface area contributed by atoms with Crippen LogP contribution in [-0.4, -0.2) is 53.8 Å². The van der Waals surface area contributed by atoms with E-state index in [0.717, 1.165) is 13.2 Å². The lowest BCUT2D eigenvalue weighted by Gasteiger charge is -2.26. The lowest BCUT2D eigenvalue weighted by Crippen LogP contribution is -2.34. The molecule has 0 aliphatic carbocycles. The summed E-state index contributed by atoms with van der Waals surface area (Å²) in [5.74, 6) is 2.51. The fourth-order valence-corrected chi connectivity index (χ4v) is 15.3. The van der Waals surface area contributed by atoms with E-state index in [1.54, 1.807) is 0 Å². The normalized spacial score (nSPS) is 13.9. The zero-order valence-corrected chi connectivity index (χ0v) is 26.6. The Labute approximate surface area is 214 Å². The zero-order chi connectivity index (χ0) is 23.9. The third-order valence-corrected chi connectivity index (χ3v) is 16.8. The maximum atomic E-state index is 6.31. The maximum absolute atomic E-state index is 6.31. The van der Waals surface area contributed by atoms with Crippen LogP contribution in [-0.2, 0) is 9.47 Å². The molecule has 0 aromatic carbocycles. The molecule has 194 valence electrons. The smallest absolute Gasteiger partial charge is 0.0717 e. The molecular formula is C26H58O2S2Si2. The van der Waals surface area contributed by atoms with Crippen LogP contribution in [0.15, 0.2) is 0 Å². The molecule has 0 fully saturated rings. The van der Waals surface area contributed by atoms with E-state index in [-0.39, 0.29) is 0 Å². The number of rotatable bonds is 25. The van der Waals surface area contributed by atoms with Crippen molar-refractivity contribution in [1.82, 2.24) is 0 Å². The summed E-state index contributed by atoms with van der Waals surface area (Å²) in [4.78, 5) is 0. The highest BCUT2D eigenvalue weighted by Crippen LogP contribution is 2.28. The molecule has 2 unspecified atom stereocenters. The summed E-state index contributed by atoms with van der Waals surface area (Å²) in [6, 6.07) is 5.93. The molecule has 0 N–H and O–H groups in total. The van der Waals surface area contributed by atoms with E-state index in [1.807, 2.05) is 0 Å². The topological polar surface area (TPSA) is 18.5 Å². The van der Waals surface area contributed by atoms with Gasteiger partial charge >= 0.3 is 0 Å². The first-order chi connectivity index (χ1) is 15.7. The number of unbranched alkanes of at least 4 members (excludes halogenated alkanes) is 4. The van der Waals surface area contributed by atoms with Gasteiger partial charge in [0.1, 0.15) is 0 Å². The minimum atomic E-state index is -0.782. The van der Waals surface area contributed by atoms with Crippen molar-refractivity contribution in [1.29, 1.82) is 0 Å². The van der Waals surface area contributed by atoms with Crippen LogP contribution >= 0.6 is 21.6 Å². The van der Waals surface area contributed by atoms with E-state index < -0.39 is 17.6 Å². The molecule has 2 nitrogen and oxygen atoms in total. The van der Waals surface area contributed by atoms with Gasteiger partial charge in [-0.25, -0.2) is 0 Å². The van der Waals surface area contributed by atoms with Gasteiger partial charge in [-0.15, -0.1) is 0 Å². The van der Waals surface area contributed by atoms with Crippen molar-refractivity contribution >= 4 is 39.2 Å². The van der Waals surface area contributed by atoms with Crippen LogP contribution < -0.4 is 0 Å². The summed E-state index contributed by atoms with van der Waals surface area (Å²) < 4.78 is 12.6. The average Bonchev–Trinajstić information content (AvgIpc) is 2.80. The van der Waals surface area contributed by atoms with E-state index in [2.05, 4.69) is 63.1 Å². The Morgan fingerprint density at radius 3 is 1.09 bits per heavy atom. The molecule has 2 atom stereocenters. The predicted molar refractivity (Wildman–Crippen MR) is 158 cm³/mol. The molecule has 0 aromatic rings. The van der Waals surface area contributed by atoms with Gasteiger partial charge in [0, 0.05) is 36.2 Å². The van der Waals surface area contributed by atoms with Crippen LogP contribution in [0.1, 0.15) is 106 Å². The van der Waals surface area contributed by atoms with Gasteiger partial charge < -0.3 is 9.47 Å². The van der Waals surface area contributed by atoms with Crippen molar-refractivity contribution in [2.24, 2.45) is 0 Å². The highest BCUT2D eigenvalue weighted by Gasteiger charge is 2.24. The molecule has 0 radical (unpaired) electrons. The molecule has 32 heavy (non-hydrogen) atoms. The third kappa shape index (κ3) is 17.5. The molecule has 0 aliphatic rings. The lowest BCUT2D eigenvalue weighted by atomic mass is 10.4. The van der Waals surface area contributed by atoms with Crippen LogP contribution in [0.2, 0.25) is 24.2 Å². The van der Waals surface area contributed by atoms with E-state index in [1.165, 1.54) is 99.9 Å². The summed E-state index contributed by atoms with van der Waals surface area (Å²) >= 11 is 0. The molecule has 0 aromatic heterocycles. The van der Waals surface area contributed by atoms with Crippen LogP contribution in [0.4, 0.5) is 0 Å². The molecule has 0 saturated carbocycles. The Bertz CT molecular complexity index is 328. The molecule has 0 spiro atoms. The van der Waals surface area contributed by atoms with Gasteiger partial charge in [0.15, 0.2) is 0 Å². The van der Waals surface area contributed by atoms with Crippen molar-refractivity contribution in [3.8, 4) is 0 Å². The number of hydrogen-bond acceptors (Lipinski definition) is 4. The second-order valence-corrected chi connectivity index (χ2v) is 18.8. The average molecular weight is 523 g/mol. The van der Waals surface area contributed by atoms with Gasteiger partial charge in [-0.1, -0.05) is 125 Å². The molecule has 0 amide bonds. The molecule has 0 rings (SSSR count). The van der Waals surface area contributed by atoms with Crippen LogP contribution in [0.25, 0.3) is 0 Å². The van der Waals surface area contributed by atoms with Crippen molar-refractivity contribution in [2.45, 2.75) is 141 Å². The van der Waals surface area contributed by atoms with Crippen molar-refractivity contribution in [3.63, 3.8) is 0 Å². The van der Waals surface area contributed by atoms with Crippen molar-refractivity contribution < 1.29 is 9.47 Å². The highest BCUT2D eigenvalue weighted by atomic mass is 33.1. The summed E-state index contributed by atoms with van der Waals surface area (Å²) in [6.45, 7) is 15.5. The zero-order valence-electron chi connectivity index (χ0n) is 22.7. The van der Waals surface area contributed by atoms with Crippen LogP contribution in [0.3, 0.4) is 0 Å². The molecule has 0 aliphatic heterocycles. The molecule has 0 bridgehead atoms. The predicted octanol–water partition coefficient (Wildman–Crippen LogP) is 8.69. The molecular weight excluding hydrogens is 465 g/mol. The number of hydrogen-bond donors (Lipinski definition) is 0. The van der Waals surface area contributed by atoms with Gasteiger partial charge in [-0.2, -0.15) is 0 Å². The SMILES string of the molecule is CCCC[SiH](CCCC)C(CCSSCCC(OCC)[SiH](CCCC)CCCC)OCC. The largest absolute Gasteiger partial charge is 0.382 e. The Kier molecular flexibility index (Phi) is 26.0. The third-order valence-electron chi connectivity index (χ3n) is 6.58. The van der Waals surface area contributed by atoms with E-state index in [0.29, 0.717) is 11.5 Å². The quantitative estimate of drug-likeness (QED) is 0.0677. The second kappa shape index (κ2) is 25.2. The standard InChI is InChI=1S/C26H58O2S2Si2/c1-7-13-21-31(22-14-8-2)25(27-11-5)17-19-29-30-20-18-26(28-12-6)32(23-15-9-3)24-16-10-4/h25-26,31-32H,7-24H2,1-6H3. The van der Waals surface area contributed by atoms with E-state index in [4.69, 9.17) is 9.47 Å². The Morgan fingerprint density at radius 1 is 0.531 bits per heavy atom. The van der Waals surface area contributed by atoms with Gasteiger partial charge in [-0.05, 0) is 26.7 Å².